The van der Waals surface area contributed by atoms with Crippen LogP contribution in [0.2, 0.25) is 0 Å². The Hall–Kier alpha value is 0.310. The topological polar surface area (TPSA) is 26.0 Å². The molecule has 0 spiro atoms. The Bertz CT molecular complexity index is 127. The van der Waals surface area contributed by atoms with Gasteiger partial charge in [0.2, 0.25) is 0 Å². The predicted octanol–water partition coefficient (Wildman–Crippen LogP) is 2.21. The second-order valence-electron chi connectivity index (χ2n) is 3.72. The van der Waals surface area contributed by atoms with Gasteiger partial charge in [-0.15, -0.1) is 0 Å². The van der Waals surface area contributed by atoms with E-state index in [0.29, 0.717) is 0 Å². The molecule has 1 saturated carbocycles. The van der Waals surface area contributed by atoms with Crippen LogP contribution in [-0.4, -0.2) is 11.3 Å². The fraction of sp³-hybridized carbons (Fsp3) is 1.00. The monoisotopic (exact) mass is 173 g/mol. The molecular weight excluding hydrogens is 154 g/mol. The molecule has 2 heteroatoms. The van der Waals surface area contributed by atoms with Crippen LogP contribution < -0.4 is 5.73 Å². The van der Waals surface area contributed by atoms with Crippen LogP contribution in [0.5, 0.6) is 0 Å². The lowest BCUT2D eigenvalue weighted by molar-refractivity contribution is 0.515. The van der Waals surface area contributed by atoms with Gasteiger partial charge in [0.1, 0.15) is 0 Å². The lowest BCUT2D eigenvalue weighted by Crippen LogP contribution is -2.24. The molecule has 1 rings (SSSR count). The molecule has 0 bridgehead atoms. The highest BCUT2D eigenvalue weighted by Gasteiger charge is 2.48. The SMILES string of the molecule is CCC1CC1(N)CCCCS. The second kappa shape index (κ2) is 3.81. The summed E-state index contributed by atoms with van der Waals surface area (Å²) in [5, 5.41) is 0. The quantitative estimate of drug-likeness (QED) is 0.484. The van der Waals surface area contributed by atoms with Crippen molar-refractivity contribution >= 4 is 12.6 Å². The van der Waals surface area contributed by atoms with Gasteiger partial charge in [-0.1, -0.05) is 19.8 Å². The van der Waals surface area contributed by atoms with Crippen LogP contribution in [-0.2, 0) is 0 Å². The summed E-state index contributed by atoms with van der Waals surface area (Å²) in [6.45, 7) is 2.23. The Labute approximate surface area is 75.1 Å². The van der Waals surface area contributed by atoms with Crippen LogP contribution in [0.15, 0.2) is 0 Å². The van der Waals surface area contributed by atoms with Crippen molar-refractivity contribution < 1.29 is 0 Å². The van der Waals surface area contributed by atoms with Gasteiger partial charge in [-0.25, -0.2) is 0 Å². The lowest BCUT2D eigenvalue weighted by Gasteiger charge is -2.09. The van der Waals surface area contributed by atoms with Gasteiger partial charge in [0.15, 0.2) is 0 Å². The Morgan fingerprint density at radius 1 is 1.55 bits per heavy atom. The number of hydrogen-bond donors (Lipinski definition) is 2. The molecule has 2 unspecified atom stereocenters. The average Bonchev–Trinajstić information content (AvgIpc) is 2.63. The second-order valence-corrected chi connectivity index (χ2v) is 4.17. The number of rotatable bonds is 5. The molecule has 1 nitrogen and oxygen atoms in total. The first-order valence-electron chi connectivity index (χ1n) is 4.62. The van der Waals surface area contributed by atoms with Crippen molar-refractivity contribution in [1.82, 2.24) is 0 Å². The van der Waals surface area contributed by atoms with Crippen LogP contribution in [0.1, 0.15) is 39.0 Å². The van der Waals surface area contributed by atoms with Gasteiger partial charge in [-0.05, 0) is 30.9 Å². The summed E-state index contributed by atoms with van der Waals surface area (Å²) in [5.41, 5.74) is 6.35. The van der Waals surface area contributed by atoms with Gasteiger partial charge >= 0.3 is 0 Å². The first-order valence-corrected chi connectivity index (χ1v) is 5.26. The van der Waals surface area contributed by atoms with Crippen molar-refractivity contribution in [3.05, 3.63) is 0 Å². The minimum absolute atomic E-state index is 0.234. The molecule has 66 valence electrons. The van der Waals surface area contributed by atoms with Gasteiger partial charge < -0.3 is 5.73 Å². The molecule has 0 aromatic heterocycles. The third kappa shape index (κ3) is 2.38. The van der Waals surface area contributed by atoms with E-state index < -0.39 is 0 Å². The summed E-state index contributed by atoms with van der Waals surface area (Å²) in [6, 6.07) is 0. The Morgan fingerprint density at radius 3 is 2.73 bits per heavy atom. The molecule has 0 aliphatic heterocycles. The van der Waals surface area contributed by atoms with Crippen LogP contribution in [0, 0.1) is 5.92 Å². The van der Waals surface area contributed by atoms with Crippen molar-refractivity contribution in [3.8, 4) is 0 Å². The number of thiol groups is 1. The molecular formula is C9H19NS. The first-order chi connectivity index (χ1) is 5.23. The zero-order valence-corrected chi connectivity index (χ0v) is 8.24. The predicted molar refractivity (Wildman–Crippen MR) is 53.0 cm³/mol. The molecule has 1 aliphatic rings. The molecule has 11 heavy (non-hydrogen) atoms. The summed E-state index contributed by atoms with van der Waals surface area (Å²) in [5.74, 6) is 1.83. The van der Waals surface area contributed by atoms with E-state index in [4.69, 9.17) is 5.73 Å². The van der Waals surface area contributed by atoms with Crippen molar-refractivity contribution in [1.29, 1.82) is 0 Å². The van der Waals surface area contributed by atoms with Crippen LogP contribution in [0.4, 0.5) is 0 Å². The van der Waals surface area contributed by atoms with E-state index in [9.17, 15) is 0 Å². The third-order valence-corrected chi connectivity index (χ3v) is 3.14. The number of nitrogens with two attached hydrogens (primary N) is 1. The van der Waals surface area contributed by atoms with E-state index in [1.54, 1.807) is 0 Å². The summed E-state index contributed by atoms with van der Waals surface area (Å²) >= 11 is 4.18. The fourth-order valence-corrected chi connectivity index (χ4v) is 2.05. The summed E-state index contributed by atoms with van der Waals surface area (Å²) in [4.78, 5) is 0. The largest absolute Gasteiger partial charge is 0.325 e. The summed E-state index contributed by atoms with van der Waals surface area (Å²) in [6.07, 6.45) is 6.22. The van der Waals surface area contributed by atoms with Crippen molar-refractivity contribution in [2.45, 2.75) is 44.6 Å². The van der Waals surface area contributed by atoms with Gasteiger partial charge in [0, 0.05) is 5.54 Å². The molecule has 0 aromatic rings. The van der Waals surface area contributed by atoms with E-state index in [1.165, 1.54) is 32.1 Å². The average molecular weight is 173 g/mol. The van der Waals surface area contributed by atoms with Gasteiger partial charge in [0.05, 0.1) is 0 Å². The van der Waals surface area contributed by atoms with Gasteiger partial charge in [-0.3, -0.25) is 0 Å². The van der Waals surface area contributed by atoms with Crippen molar-refractivity contribution in [3.63, 3.8) is 0 Å². The van der Waals surface area contributed by atoms with E-state index in [0.717, 1.165) is 11.7 Å². The van der Waals surface area contributed by atoms with Gasteiger partial charge in [0.25, 0.3) is 0 Å². The van der Waals surface area contributed by atoms with Crippen molar-refractivity contribution in [2.75, 3.05) is 5.75 Å². The highest BCUT2D eigenvalue weighted by Crippen LogP contribution is 2.46. The molecule has 1 aliphatic carbocycles. The molecule has 2 atom stereocenters. The van der Waals surface area contributed by atoms with E-state index in [2.05, 4.69) is 19.6 Å². The maximum absolute atomic E-state index is 6.12. The van der Waals surface area contributed by atoms with E-state index in [-0.39, 0.29) is 5.54 Å². The summed E-state index contributed by atoms with van der Waals surface area (Å²) in [7, 11) is 0. The lowest BCUT2D eigenvalue weighted by atomic mass is 10.1. The fourth-order valence-electron chi connectivity index (χ4n) is 1.82. The van der Waals surface area contributed by atoms with Crippen molar-refractivity contribution in [2.24, 2.45) is 11.7 Å². The molecule has 2 N–H and O–H groups in total. The smallest absolute Gasteiger partial charge is 0.0186 e. The summed E-state index contributed by atoms with van der Waals surface area (Å²) < 4.78 is 0. The highest BCUT2D eigenvalue weighted by molar-refractivity contribution is 7.80. The minimum atomic E-state index is 0.234. The standard InChI is InChI=1S/C9H19NS/c1-2-8-7-9(8,10)5-3-4-6-11/h8,11H,2-7,10H2,1H3. The number of unbranched alkanes of at least 4 members (excludes halogenated alkanes) is 1. The number of hydrogen-bond acceptors (Lipinski definition) is 2. The maximum Gasteiger partial charge on any atom is 0.0186 e. The van der Waals surface area contributed by atoms with E-state index >= 15 is 0 Å². The van der Waals surface area contributed by atoms with E-state index in [1.807, 2.05) is 0 Å². The Balaban J connectivity index is 2.08. The first kappa shape index (κ1) is 9.40. The molecule has 0 aromatic carbocycles. The maximum atomic E-state index is 6.12. The van der Waals surface area contributed by atoms with Gasteiger partial charge in [-0.2, -0.15) is 12.6 Å². The molecule has 0 radical (unpaired) electrons. The zero-order chi connectivity index (χ0) is 8.32. The Morgan fingerprint density at radius 2 is 2.27 bits per heavy atom. The molecule has 0 amide bonds. The minimum Gasteiger partial charge on any atom is -0.325 e. The molecule has 0 saturated heterocycles. The molecule has 1 fully saturated rings. The van der Waals surface area contributed by atoms with Crippen LogP contribution >= 0.6 is 12.6 Å². The highest BCUT2D eigenvalue weighted by atomic mass is 32.1. The normalized spacial score (nSPS) is 35.7. The Kier molecular flexibility index (Phi) is 3.26. The third-order valence-electron chi connectivity index (χ3n) is 2.82. The molecule has 0 heterocycles. The van der Waals surface area contributed by atoms with Crippen LogP contribution in [0.25, 0.3) is 0 Å². The zero-order valence-electron chi connectivity index (χ0n) is 7.34. The van der Waals surface area contributed by atoms with Crippen LogP contribution in [0.3, 0.4) is 0 Å².